The minimum atomic E-state index is -0.666. The fourth-order valence-corrected chi connectivity index (χ4v) is 1.32. The molecule has 0 aliphatic rings. The van der Waals surface area contributed by atoms with E-state index in [1.165, 1.54) is 13.3 Å². The molecule has 0 aliphatic carbocycles. The first-order valence-corrected chi connectivity index (χ1v) is 4.51. The van der Waals surface area contributed by atoms with Crippen LogP contribution < -0.4 is 0 Å². The molecule has 80 valence electrons. The van der Waals surface area contributed by atoms with E-state index in [0.29, 0.717) is 12.4 Å². The van der Waals surface area contributed by atoms with Crippen molar-refractivity contribution in [3.63, 3.8) is 0 Å². The van der Waals surface area contributed by atoms with Gasteiger partial charge in [-0.15, -0.1) is 0 Å². The highest BCUT2D eigenvalue weighted by Crippen LogP contribution is 2.20. The molecule has 0 spiro atoms. The van der Waals surface area contributed by atoms with Gasteiger partial charge in [0.05, 0.1) is 12.5 Å². The highest BCUT2D eigenvalue weighted by atomic mass is 16.5. The van der Waals surface area contributed by atoms with Crippen LogP contribution in [0.25, 0.3) is 0 Å². The van der Waals surface area contributed by atoms with E-state index in [9.17, 15) is 4.79 Å². The molecule has 0 radical (unpaired) electrons. The number of nitriles is 1. The highest BCUT2D eigenvalue weighted by Gasteiger charge is 2.29. The zero-order valence-corrected chi connectivity index (χ0v) is 9.02. The van der Waals surface area contributed by atoms with Gasteiger partial charge in [0.15, 0.2) is 0 Å². The summed E-state index contributed by atoms with van der Waals surface area (Å²) in [5, 5.41) is 8.75. The van der Waals surface area contributed by atoms with Crippen molar-refractivity contribution in [1.29, 1.82) is 5.26 Å². The van der Waals surface area contributed by atoms with Crippen molar-refractivity contribution in [1.82, 2.24) is 9.55 Å². The molecule has 0 fully saturated rings. The van der Waals surface area contributed by atoms with Crippen LogP contribution in [0.1, 0.15) is 19.7 Å². The number of hydrogen-bond donors (Lipinski definition) is 0. The van der Waals surface area contributed by atoms with Crippen LogP contribution in [0.5, 0.6) is 0 Å². The molecular formula is C10H13N3O2. The lowest BCUT2D eigenvalue weighted by atomic mass is 9.93. The number of methoxy groups -OCH3 is 1. The van der Waals surface area contributed by atoms with Crippen LogP contribution in [0.15, 0.2) is 12.4 Å². The molecule has 15 heavy (non-hydrogen) atoms. The normalized spacial score (nSPS) is 10.8. The van der Waals surface area contributed by atoms with E-state index in [0.717, 1.165) is 0 Å². The van der Waals surface area contributed by atoms with Crippen molar-refractivity contribution >= 4 is 5.97 Å². The van der Waals surface area contributed by atoms with Crippen LogP contribution in [0.3, 0.4) is 0 Å². The summed E-state index contributed by atoms with van der Waals surface area (Å²) in [6.45, 7) is 3.91. The van der Waals surface area contributed by atoms with Crippen LogP contribution in [-0.2, 0) is 16.1 Å². The summed E-state index contributed by atoms with van der Waals surface area (Å²) in [4.78, 5) is 15.3. The Labute approximate surface area is 88.3 Å². The van der Waals surface area contributed by atoms with Gasteiger partial charge in [-0.1, -0.05) is 0 Å². The summed E-state index contributed by atoms with van der Waals surface area (Å²) in [6, 6.07) is 1.95. The molecule has 1 aromatic rings. The minimum Gasteiger partial charge on any atom is -0.469 e. The van der Waals surface area contributed by atoms with Gasteiger partial charge in [-0.2, -0.15) is 5.26 Å². The maximum atomic E-state index is 11.4. The molecular weight excluding hydrogens is 194 g/mol. The third kappa shape index (κ3) is 2.34. The Balaban J connectivity index is 2.87. The van der Waals surface area contributed by atoms with Crippen LogP contribution in [-0.4, -0.2) is 22.6 Å². The molecule has 5 heteroatoms. The number of carbonyl (C=O) groups is 1. The summed E-state index contributed by atoms with van der Waals surface area (Å²) in [7, 11) is 1.35. The monoisotopic (exact) mass is 207 g/mol. The maximum Gasteiger partial charge on any atom is 0.313 e. The third-order valence-corrected chi connectivity index (χ3v) is 2.12. The number of nitrogens with zero attached hydrogens (tertiary/aromatic N) is 3. The lowest BCUT2D eigenvalue weighted by molar-refractivity contribution is -0.151. The molecule has 5 nitrogen and oxygen atoms in total. The number of aromatic nitrogens is 2. The molecule has 0 atom stereocenters. The van der Waals surface area contributed by atoms with Crippen molar-refractivity contribution in [3.8, 4) is 6.07 Å². The van der Waals surface area contributed by atoms with Gasteiger partial charge < -0.3 is 9.30 Å². The second-order valence-electron chi connectivity index (χ2n) is 3.87. The van der Waals surface area contributed by atoms with E-state index in [-0.39, 0.29) is 5.97 Å². The molecule has 0 saturated carbocycles. The van der Waals surface area contributed by atoms with Gasteiger partial charge in [0, 0.05) is 18.9 Å². The minimum absolute atomic E-state index is 0.298. The van der Waals surface area contributed by atoms with Gasteiger partial charge in [-0.05, 0) is 13.8 Å². The first-order valence-electron chi connectivity index (χ1n) is 4.51. The van der Waals surface area contributed by atoms with E-state index in [1.807, 2.05) is 6.07 Å². The highest BCUT2D eigenvalue weighted by molar-refractivity contribution is 5.75. The van der Waals surface area contributed by atoms with E-state index in [1.54, 1.807) is 24.6 Å². The summed E-state index contributed by atoms with van der Waals surface area (Å²) in [6.07, 6.45) is 3.20. The van der Waals surface area contributed by atoms with Gasteiger partial charge in [-0.3, -0.25) is 4.79 Å². The van der Waals surface area contributed by atoms with E-state index < -0.39 is 5.41 Å². The lowest BCUT2D eigenvalue weighted by Gasteiger charge is -2.21. The number of ether oxygens (including phenoxy) is 1. The Kier molecular flexibility index (Phi) is 3.10. The van der Waals surface area contributed by atoms with Gasteiger partial charge in [0.25, 0.3) is 0 Å². The van der Waals surface area contributed by atoms with Crippen LogP contribution in [0, 0.1) is 16.7 Å². The Morgan fingerprint density at radius 2 is 2.40 bits per heavy atom. The summed E-state index contributed by atoms with van der Waals surface area (Å²) >= 11 is 0. The van der Waals surface area contributed by atoms with Gasteiger partial charge in [0.2, 0.25) is 5.82 Å². The van der Waals surface area contributed by atoms with Crippen LogP contribution >= 0.6 is 0 Å². The molecule has 1 aromatic heterocycles. The fourth-order valence-electron chi connectivity index (χ4n) is 1.32. The van der Waals surface area contributed by atoms with E-state index >= 15 is 0 Å². The molecule has 1 rings (SSSR count). The van der Waals surface area contributed by atoms with E-state index in [4.69, 9.17) is 5.26 Å². The Hall–Kier alpha value is -1.83. The second kappa shape index (κ2) is 4.13. The zero-order chi connectivity index (χ0) is 11.5. The largest absolute Gasteiger partial charge is 0.469 e. The molecule has 0 N–H and O–H groups in total. The van der Waals surface area contributed by atoms with Crippen molar-refractivity contribution in [2.75, 3.05) is 7.11 Å². The number of imidazole rings is 1. The molecule has 0 aromatic carbocycles. The molecule has 0 aliphatic heterocycles. The Morgan fingerprint density at radius 1 is 1.73 bits per heavy atom. The average molecular weight is 207 g/mol. The standard InChI is InChI=1S/C10H13N3O2/c1-10(2,9(14)15-3)7-13-5-4-12-8(13)6-11/h4-5H,7H2,1-3H3. The lowest BCUT2D eigenvalue weighted by Crippen LogP contribution is -2.30. The first kappa shape index (κ1) is 11.2. The van der Waals surface area contributed by atoms with Crippen molar-refractivity contribution < 1.29 is 9.53 Å². The van der Waals surface area contributed by atoms with Crippen molar-refractivity contribution in [2.24, 2.45) is 5.41 Å². The summed E-state index contributed by atoms with van der Waals surface area (Å²) in [5.41, 5.74) is -0.666. The van der Waals surface area contributed by atoms with E-state index in [2.05, 4.69) is 9.72 Å². The molecule has 0 saturated heterocycles. The molecule has 0 bridgehead atoms. The predicted octanol–water partition coefficient (Wildman–Crippen LogP) is 0.954. The number of rotatable bonds is 3. The fraction of sp³-hybridized carbons (Fsp3) is 0.500. The summed E-state index contributed by atoms with van der Waals surface area (Å²) in [5.74, 6) is -0.00734. The Bertz CT molecular complexity index is 401. The third-order valence-electron chi connectivity index (χ3n) is 2.12. The SMILES string of the molecule is COC(=O)C(C)(C)Cn1ccnc1C#N. The number of esters is 1. The quantitative estimate of drug-likeness (QED) is 0.692. The maximum absolute atomic E-state index is 11.4. The summed E-state index contributed by atoms with van der Waals surface area (Å²) < 4.78 is 6.32. The molecule has 1 heterocycles. The second-order valence-corrected chi connectivity index (χ2v) is 3.87. The van der Waals surface area contributed by atoms with Crippen LogP contribution in [0.4, 0.5) is 0 Å². The topological polar surface area (TPSA) is 67.9 Å². The van der Waals surface area contributed by atoms with Gasteiger partial charge in [-0.25, -0.2) is 4.98 Å². The first-order chi connectivity index (χ1) is 7.01. The van der Waals surface area contributed by atoms with Crippen molar-refractivity contribution in [3.05, 3.63) is 18.2 Å². The molecule has 0 amide bonds. The van der Waals surface area contributed by atoms with Crippen molar-refractivity contribution in [2.45, 2.75) is 20.4 Å². The molecule has 0 unspecified atom stereocenters. The average Bonchev–Trinajstić information content (AvgIpc) is 2.63. The smallest absolute Gasteiger partial charge is 0.313 e. The predicted molar refractivity (Wildman–Crippen MR) is 52.7 cm³/mol. The number of carbonyl (C=O) groups excluding carboxylic acids is 1. The van der Waals surface area contributed by atoms with Gasteiger partial charge >= 0.3 is 5.97 Å². The van der Waals surface area contributed by atoms with Gasteiger partial charge in [0.1, 0.15) is 6.07 Å². The number of hydrogen-bond acceptors (Lipinski definition) is 4. The van der Waals surface area contributed by atoms with Crippen LogP contribution in [0.2, 0.25) is 0 Å². The zero-order valence-electron chi connectivity index (χ0n) is 9.02. The Morgan fingerprint density at radius 3 is 2.93 bits per heavy atom.